The summed E-state index contributed by atoms with van der Waals surface area (Å²) in [5.41, 5.74) is 4.49. The predicted molar refractivity (Wildman–Crippen MR) is 151 cm³/mol. The van der Waals surface area contributed by atoms with Gasteiger partial charge in [-0.05, 0) is 54.8 Å². The molecule has 0 saturated carbocycles. The van der Waals surface area contributed by atoms with Crippen LogP contribution in [0.2, 0.25) is 0 Å². The number of hydrogen-bond acceptors (Lipinski definition) is 5. The number of benzene rings is 2. The van der Waals surface area contributed by atoms with E-state index in [-0.39, 0.29) is 17.1 Å². The molecule has 9 nitrogen and oxygen atoms in total. The summed E-state index contributed by atoms with van der Waals surface area (Å²) >= 11 is 0. The summed E-state index contributed by atoms with van der Waals surface area (Å²) in [4.78, 5) is 30.8. The second-order valence-corrected chi connectivity index (χ2v) is 11.4. The van der Waals surface area contributed by atoms with Crippen LogP contribution in [0.3, 0.4) is 0 Å². The average Bonchev–Trinajstić information content (AvgIpc) is 3.38. The zero-order chi connectivity index (χ0) is 27.7. The van der Waals surface area contributed by atoms with E-state index in [4.69, 9.17) is 0 Å². The third kappa shape index (κ3) is 4.99. The standard InChI is InChI=1S/C29H31N5O4S/c1-4-10-22(17-26(35)31-39(37,38)27-15-7-8-16-30-27)34-24-13-6-5-12-23(24)33(29(34)36)19-21-18-32(3)25-14-9-11-20(2)28(21)25/h5-9,11-16,18,22H,4,10,17,19H2,1-3H3,(H,31,35). The van der Waals surface area contributed by atoms with Crippen LogP contribution in [0.1, 0.15) is 43.4 Å². The van der Waals surface area contributed by atoms with Crippen molar-refractivity contribution in [2.75, 3.05) is 0 Å². The maximum absolute atomic E-state index is 14.0. The Bertz CT molecular complexity index is 1830. The van der Waals surface area contributed by atoms with Gasteiger partial charge in [-0.2, -0.15) is 8.42 Å². The molecule has 39 heavy (non-hydrogen) atoms. The number of sulfonamides is 1. The van der Waals surface area contributed by atoms with E-state index in [2.05, 4.69) is 39.5 Å². The Morgan fingerprint density at radius 2 is 1.72 bits per heavy atom. The molecule has 1 N–H and O–H groups in total. The Labute approximate surface area is 226 Å². The summed E-state index contributed by atoms with van der Waals surface area (Å²) in [7, 11) is -2.13. The second kappa shape index (κ2) is 10.5. The fraction of sp³-hybridized carbons (Fsp3) is 0.276. The van der Waals surface area contributed by atoms with E-state index >= 15 is 0 Å². The van der Waals surface area contributed by atoms with Gasteiger partial charge < -0.3 is 4.57 Å². The first-order valence-electron chi connectivity index (χ1n) is 12.9. The maximum atomic E-state index is 14.0. The van der Waals surface area contributed by atoms with Gasteiger partial charge in [0.25, 0.3) is 10.0 Å². The van der Waals surface area contributed by atoms with Gasteiger partial charge in [-0.3, -0.25) is 13.9 Å². The van der Waals surface area contributed by atoms with Crippen LogP contribution in [0.25, 0.3) is 21.9 Å². The van der Waals surface area contributed by atoms with Crippen molar-refractivity contribution in [1.29, 1.82) is 0 Å². The zero-order valence-electron chi connectivity index (χ0n) is 22.2. The molecule has 1 amide bonds. The molecule has 1 atom stereocenters. The van der Waals surface area contributed by atoms with Gasteiger partial charge in [0.15, 0.2) is 5.03 Å². The average molecular weight is 546 g/mol. The summed E-state index contributed by atoms with van der Waals surface area (Å²) in [6.07, 6.45) is 4.47. The number of nitrogens with one attached hydrogen (secondary N) is 1. The molecule has 1 unspecified atom stereocenters. The highest BCUT2D eigenvalue weighted by atomic mass is 32.2. The Morgan fingerprint density at radius 3 is 2.44 bits per heavy atom. The van der Waals surface area contributed by atoms with Gasteiger partial charge in [0.2, 0.25) is 5.91 Å². The lowest BCUT2D eigenvalue weighted by atomic mass is 10.1. The van der Waals surface area contributed by atoms with Gasteiger partial charge >= 0.3 is 5.69 Å². The molecule has 3 heterocycles. The molecule has 0 fully saturated rings. The van der Waals surface area contributed by atoms with Crippen LogP contribution < -0.4 is 10.4 Å². The molecule has 0 aliphatic carbocycles. The first kappa shape index (κ1) is 26.4. The predicted octanol–water partition coefficient (Wildman–Crippen LogP) is 4.28. The Hall–Kier alpha value is -4.18. The van der Waals surface area contributed by atoms with Gasteiger partial charge in [0.1, 0.15) is 0 Å². The van der Waals surface area contributed by atoms with Crippen molar-refractivity contribution in [1.82, 2.24) is 23.4 Å². The van der Waals surface area contributed by atoms with E-state index in [0.29, 0.717) is 24.9 Å². The smallest absolute Gasteiger partial charge is 0.329 e. The number of para-hydroxylation sites is 2. The first-order valence-corrected chi connectivity index (χ1v) is 14.4. The van der Waals surface area contributed by atoms with Crippen LogP contribution in [-0.2, 0) is 28.4 Å². The monoisotopic (exact) mass is 545 g/mol. The number of aryl methyl sites for hydroxylation is 2. The maximum Gasteiger partial charge on any atom is 0.329 e. The van der Waals surface area contributed by atoms with Crippen molar-refractivity contribution in [2.24, 2.45) is 7.05 Å². The number of carbonyl (C=O) groups excluding carboxylic acids is 1. The number of carbonyl (C=O) groups is 1. The van der Waals surface area contributed by atoms with Crippen LogP contribution in [0.4, 0.5) is 0 Å². The lowest BCUT2D eigenvalue weighted by molar-refractivity contribution is -0.120. The summed E-state index contributed by atoms with van der Waals surface area (Å²) in [5, 5.41) is 0.887. The van der Waals surface area contributed by atoms with E-state index in [0.717, 1.165) is 27.5 Å². The Kier molecular flexibility index (Phi) is 7.14. The van der Waals surface area contributed by atoms with Crippen molar-refractivity contribution in [2.45, 2.75) is 50.7 Å². The largest absolute Gasteiger partial charge is 0.350 e. The minimum Gasteiger partial charge on any atom is -0.350 e. The lowest BCUT2D eigenvalue weighted by Gasteiger charge is -2.18. The Balaban J connectivity index is 1.53. The van der Waals surface area contributed by atoms with Gasteiger partial charge in [-0.15, -0.1) is 0 Å². The number of aromatic nitrogens is 4. The summed E-state index contributed by atoms with van der Waals surface area (Å²) in [6.45, 7) is 4.40. The van der Waals surface area contributed by atoms with E-state index in [1.165, 1.54) is 18.3 Å². The number of hydrogen-bond donors (Lipinski definition) is 1. The fourth-order valence-electron chi connectivity index (χ4n) is 5.38. The molecule has 0 aliphatic heterocycles. The molecule has 5 aromatic rings. The third-order valence-electron chi connectivity index (χ3n) is 7.07. The van der Waals surface area contributed by atoms with E-state index in [9.17, 15) is 18.0 Å². The van der Waals surface area contributed by atoms with E-state index < -0.39 is 22.0 Å². The fourth-order valence-corrected chi connectivity index (χ4v) is 6.32. The number of amides is 1. The van der Waals surface area contributed by atoms with Crippen LogP contribution in [-0.4, -0.2) is 33.0 Å². The number of nitrogens with zero attached hydrogens (tertiary/aromatic N) is 4. The summed E-state index contributed by atoms with van der Waals surface area (Å²) in [6, 6.07) is 17.6. The molecule has 3 aromatic heterocycles. The highest BCUT2D eigenvalue weighted by Gasteiger charge is 2.26. The molecule has 0 bridgehead atoms. The van der Waals surface area contributed by atoms with Crippen LogP contribution >= 0.6 is 0 Å². The molecule has 10 heteroatoms. The molecule has 0 spiro atoms. The first-order chi connectivity index (χ1) is 18.7. The van der Waals surface area contributed by atoms with E-state index in [1.807, 2.05) is 44.3 Å². The molecule has 2 aromatic carbocycles. The van der Waals surface area contributed by atoms with E-state index in [1.54, 1.807) is 15.2 Å². The molecule has 0 aliphatic rings. The molecule has 0 radical (unpaired) electrons. The minimum absolute atomic E-state index is 0.165. The third-order valence-corrected chi connectivity index (χ3v) is 8.36. The minimum atomic E-state index is -4.12. The zero-order valence-corrected chi connectivity index (χ0v) is 23.0. The van der Waals surface area contributed by atoms with Crippen molar-refractivity contribution in [3.63, 3.8) is 0 Å². The van der Waals surface area contributed by atoms with Gasteiger partial charge in [-0.25, -0.2) is 14.5 Å². The number of pyridine rings is 1. The summed E-state index contributed by atoms with van der Waals surface area (Å²) < 4.78 is 32.9. The molecular formula is C29H31N5O4S. The van der Waals surface area contributed by atoms with Crippen LogP contribution in [0.5, 0.6) is 0 Å². The van der Waals surface area contributed by atoms with Crippen molar-refractivity contribution < 1.29 is 13.2 Å². The lowest BCUT2D eigenvalue weighted by Crippen LogP contribution is -2.35. The van der Waals surface area contributed by atoms with Gasteiger partial charge in [-0.1, -0.05) is 43.7 Å². The number of rotatable bonds is 9. The van der Waals surface area contributed by atoms with Crippen molar-refractivity contribution in [3.8, 4) is 0 Å². The van der Waals surface area contributed by atoms with Crippen molar-refractivity contribution in [3.05, 3.63) is 94.7 Å². The topological polar surface area (TPSA) is 108 Å². The number of imidazole rings is 1. The molecular weight excluding hydrogens is 514 g/mol. The second-order valence-electron chi connectivity index (χ2n) is 9.80. The normalized spacial score (nSPS) is 12.7. The highest BCUT2D eigenvalue weighted by molar-refractivity contribution is 7.90. The van der Waals surface area contributed by atoms with Crippen LogP contribution in [0.15, 0.2) is 82.9 Å². The quantitative estimate of drug-likeness (QED) is 0.297. The van der Waals surface area contributed by atoms with Crippen molar-refractivity contribution >= 4 is 37.9 Å². The van der Waals surface area contributed by atoms with Crippen LogP contribution in [0, 0.1) is 6.92 Å². The molecule has 5 rings (SSSR count). The van der Waals surface area contributed by atoms with Gasteiger partial charge in [0, 0.05) is 42.8 Å². The summed E-state index contributed by atoms with van der Waals surface area (Å²) in [5.74, 6) is -0.687. The number of fused-ring (bicyclic) bond motifs is 2. The highest BCUT2D eigenvalue weighted by Crippen LogP contribution is 2.28. The SMILES string of the molecule is CCCC(CC(=O)NS(=O)(=O)c1ccccn1)n1c(=O)n(Cc2cn(C)c3cccc(C)c23)c2ccccc21. The van der Waals surface area contributed by atoms with Gasteiger partial charge in [0.05, 0.1) is 17.6 Å². The molecule has 202 valence electrons. The molecule has 0 saturated heterocycles. The Morgan fingerprint density at radius 1 is 1.00 bits per heavy atom.